The van der Waals surface area contributed by atoms with Crippen LogP contribution in [0.15, 0.2) is 18.2 Å². The van der Waals surface area contributed by atoms with Gasteiger partial charge in [0, 0.05) is 12.1 Å². The SMILES string of the molecule is CCC(Nc1ccc(OC)cc1Cl)C1CC1. The van der Waals surface area contributed by atoms with Crippen LogP contribution in [-0.2, 0) is 0 Å². The van der Waals surface area contributed by atoms with Gasteiger partial charge in [0.15, 0.2) is 0 Å². The van der Waals surface area contributed by atoms with Crippen LogP contribution in [0.2, 0.25) is 5.02 Å². The second-order valence-electron chi connectivity index (χ2n) is 4.34. The van der Waals surface area contributed by atoms with Crippen molar-refractivity contribution in [2.75, 3.05) is 12.4 Å². The predicted molar refractivity (Wildman–Crippen MR) is 68.4 cm³/mol. The Morgan fingerprint density at radius 1 is 1.50 bits per heavy atom. The van der Waals surface area contributed by atoms with Gasteiger partial charge in [0.1, 0.15) is 5.75 Å². The summed E-state index contributed by atoms with van der Waals surface area (Å²) in [4.78, 5) is 0. The average molecular weight is 240 g/mol. The highest BCUT2D eigenvalue weighted by atomic mass is 35.5. The van der Waals surface area contributed by atoms with E-state index in [1.54, 1.807) is 7.11 Å². The van der Waals surface area contributed by atoms with E-state index in [2.05, 4.69) is 12.2 Å². The molecular weight excluding hydrogens is 222 g/mol. The van der Waals surface area contributed by atoms with Crippen LogP contribution in [-0.4, -0.2) is 13.2 Å². The lowest BCUT2D eigenvalue weighted by Gasteiger charge is -2.18. The van der Waals surface area contributed by atoms with E-state index in [0.29, 0.717) is 6.04 Å². The lowest BCUT2D eigenvalue weighted by molar-refractivity contribution is 0.415. The van der Waals surface area contributed by atoms with E-state index < -0.39 is 0 Å². The fourth-order valence-corrected chi connectivity index (χ4v) is 2.22. The van der Waals surface area contributed by atoms with Gasteiger partial charge in [-0.25, -0.2) is 0 Å². The number of benzene rings is 1. The molecule has 1 aliphatic carbocycles. The summed E-state index contributed by atoms with van der Waals surface area (Å²) in [6.07, 6.45) is 3.84. The van der Waals surface area contributed by atoms with Crippen molar-refractivity contribution in [2.24, 2.45) is 5.92 Å². The summed E-state index contributed by atoms with van der Waals surface area (Å²) in [6.45, 7) is 2.22. The molecule has 0 saturated heterocycles. The maximum atomic E-state index is 6.19. The standard InChI is InChI=1S/C13H18ClNO/c1-3-12(9-4-5-9)15-13-7-6-10(16-2)8-11(13)14/h6-9,12,15H,3-5H2,1-2H3. The zero-order valence-corrected chi connectivity index (χ0v) is 10.6. The van der Waals surface area contributed by atoms with Crippen molar-refractivity contribution in [1.29, 1.82) is 0 Å². The molecule has 1 aromatic rings. The van der Waals surface area contributed by atoms with Crippen LogP contribution in [0.1, 0.15) is 26.2 Å². The molecule has 0 amide bonds. The van der Waals surface area contributed by atoms with Crippen LogP contribution < -0.4 is 10.1 Å². The molecular formula is C13H18ClNO. The quantitative estimate of drug-likeness (QED) is 0.840. The largest absolute Gasteiger partial charge is 0.497 e. The Hall–Kier alpha value is -0.890. The van der Waals surface area contributed by atoms with Crippen LogP contribution in [0.4, 0.5) is 5.69 Å². The molecule has 0 radical (unpaired) electrons. The first-order chi connectivity index (χ1) is 7.74. The van der Waals surface area contributed by atoms with Gasteiger partial charge in [0.2, 0.25) is 0 Å². The molecule has 16 heavy (non-hydrogen) atoms. The fraction of sp³-hybridized carbons (Fsp3) is 0.538. The molecule has 88 valence electrons. The van der Waals surface area contributed by atoms with Gasteiger partial charge >= 0.3 is 0 Å². The third-order valence-electron chi connectivity index (χ3n) is 3.15. The maximum absolute atomic E-state index is 6.19. The van der Waals surface area contributed by atoms with Gasteiger partial charge in [-0.15, -0.1) is 0 Å². The second kappa shape index (κ2) is 4.96. The van der Waals surface area contributed by atoms with Crippen LogP contribution in [0.5, 0.6) is 5.75 Å². The number of halogens is 1. The third kappa shape index (κ3) is 2.62. The summed E-state index contributed by atoms with van der Waals surface area (Å²) < 4.78 is 5.13. The molecule has 0 bridgehead atoms. The summed E-state index contributed by atoms with van der Waals surface area (Å²) >= 11 is 6.19. The topological polar surface area (TPSA) is 21.3 Å². The zero-order valence-electron chi connectivity index (χ0n) is 9.79. The molecule has 1 fully saturated rings. The van der Waals surface area contributed by atoms with Gasteiger partial charge in [0.25, 0.3) is 0 Å². The highest BCUT2D eigenvalue weighted by molar-refractivity contribution is 6.33. The summed E-state index contributed by atoms with van der Waals surface area (Å²) in [5.74, 6) is 1.64. The molecule has 1 saturated carbocycles. The van der Waals surface area contributed by atoms with E-state index in [4.69, 9.17) is 16.3 Å². The molecule has 2 rings (SSSR count). The van der Waals surface area contributed by atoms with E-state index >= 15 is 0 Å². The molecule has 1 aliphatic rings. The number of nitrogens with one attached hydrogen (secondary N) is 1. The number of ether oxygens (including phenoxy) is 1. The Morgan fingerprint density at radius 2 is 2.25 bits per heavy atom. The number of hydrogen-bond acceptors (Lipinski definition) is 2. The van der Waals surface area contributed by atoms with Crippen molar-refractivity contribution >= 4 is 17.3 Å². The molecule has 0 spiro atoms. The summed E-state index contributed by atoms with van der Waals surface area (Å²) in [6, 6.07) is 6.34. The number of methoxy groups -OCH3 is 1. The number of anilines is 1. The third-order valence-corrected chi connectivity index (χ3v) is 3.46. The van der Waals surface area contributed by atoms with Gasteiger partial charge in [0.05, 0.1) is 17.8 Å². The van der Waals surface area contributed by atoms with E-state index in [1.807, 2.05) is 18.2 Å². The summed E-state index contributed by atoms with van der Waals surface area (Å²) in [5, 5.41) is 4.26. The molecule has 1 aromatic carbocycles. The van der Waals surface area contributed by atoms with Crippen molar-refractivity contribution < 1.29 is 4.74 Å². The maximum Gasteiger partial charge on any atom is 0.120 e. The highest BCUT2D eigenvalue weighted by Gasteiger charge is 2.30. The molecule has 0 aromatic heterocycles. The highest BCUT2D eigenvalue weighted by Crippen LogP contribution is 2.37. The van der Waals surface area contributed by atoms with Crippen LogP contribution in [0.25, 0.3) is 0 Å². The van der Waals surface area contributed by atoms with Gasteiger partial charge in [-0.2, -0.15) is 0 Å². The Bertz CT molecular complexity index is 363. The second-order valence-corrected chi connectivity index (χ2v) is 4.75. The van der Waals surface area contributed by atoms with E-state index in [9.17, 15) is 0 Å². The van der Waals surface area contributed by atoms with E-state index in [-0.39, 0.29) is 0 Å². The van der Waals surface area contributed by atoms with Crippen LogP contribution in [0.3, 0.4) is 0 Å². The first-order valence-corrected chi connectivity index (χ1v) is 6.22. The Morgan fingerprint density at radius 3 is 2.75 bits per heavy atom. The minimum atomic E-state index is 0.561. The fourth-order valence-electron chi connectivity index (χ4n) is 1.99. The van der Waals surface area contributed by atoms with Gasteiger partial charge in [-0.3, -0.25) is 0 Å². The lowest BCUT2D eigenvalue weighted by Crippen LogP contribution is -2.20. The van der Waals surface area contributed by atoms with Gasteiger partial charge in [-0.1, -0.05) is 18.5 Å². The van der Waals surface area contributed by atoms with Crippen molar-refractivity contribution in [3.05, 3.63) is 23.2 Å². The smallest absolute Gasteiger partial charge is 0.120 e. The Balaban J connectivity index is 2.07. The molecule has 0 aliphatic heterocycles. The predicted octanol–water partition coefficient (Wildman–Crippen LogP) is 3.95. The first kappa shape index (κ1) is 11.6. The average Bonchev–Trinajstić information content (AvgIpc) is 3.11. The first-order valence-electron chi connectivity index (χ1n) is 5.84. The zero-order chi connectivity index (χ0) is 11.5. The molecule has 1 unspecified atom stereocenters. The van der Waals surface area contributed by atoms with Crippen molar-refractivity contribution in [3.63, 3.8) is 0 Å². The Labute approximate surface area is 102 Å². The summed E-state index contributed by atoms with van der Waals surface area (Å²) in [7, 11) is 1.65. The van der Waals surface area contributed by atoms with Crippen LogP contribution >= 0.6 is 11.6 Å². The summed E-state index contributed by atoms with van der Waals surface area (Å²) in [5.41, 5.74) is 1.02. The number of hydrogen-bond donors (Lipinski definition) is 1. The minimum Gasteiger partial charge on any atom is -0.497 e. The molecule has 2 nitrogen and oxygen atoms in total. The van der Waals surface area contributed by atoms with Crippen molar-refractivity contribution in [2.45, 2.75) is 32.2 Å². The molecule has 3 heteroatoms. The van der Waals surface area contributed by atoms with Crippen LogP contribution in [0, 0.1) is 5.92 Å². The molecule has 0 heterocycles. The molecule has 1 N–H and O–H groups in total. The lowest BCUT2D eigenvalue weighted by atomic mass is 10.1. The minimum absolute atomic E-state index is 0.561. The van der Waals surface area contributed by atoms with Crippen molar-refractivity contribution in [3.8, 4) is 5.75 Å². The number of rotatable bonds is 5. The van der Waals surface area contributed by atoms with E-state index in [0.717, 1.165) is 28.8 Å². The Kier molecular flexibility index (Phi) is 3.59. The van der Waals surface area contributed by atoms with Gasteiger partial charge < -0.3 is 10.1 Å². The van der Waals surface area contributed by atoms with E-state index in [1.165, 1.54) is 12.8 Å². The van der Waals surface area contributed by atoms with Gasteiger partial charge in [-0.05, 0) is 37.3 Å². The monoisotopic (exact) mass is 239 g/mol. The normalized spacial score (nSPS) is 16.9. The van der Waals surface area contributed by atoms with Crippen molar-refractivity contribution in [1.82, 2.24) is 0 Å². The molecule has 1 atom stereocenters.